The van der Waals surface area contributed by atoms with Crippen molar-refractivity contribution in [3.63, 3.8) is 0 Å². The second-order valence-corrected chi connectivity index (χ2v) is 8.66. The first-order valence-corrected chi connectivity index (χ1v) is 11.6. The summed E-state index contributed by atoms with van der Waals surface area (Å²) in [6.07, 6.45) is 4.71. The molecule has 0 radical (unpaired) electrons. The van der Waals surface area contributed by atoms with E-state index >= 15 is 0 Å². The van der Waals surface area contributed by atoms with Crippen molar-refractivity contribution in [1.29, 1.82) is 0 Å². The molecule has 2 heterocycles. The molecule has 1 aromatic carbocycles. The van der Waals surface area contributed by atoms with Crippen LogP contribution in [-0.2, 0) is 6.42 Å². The summed E-state index contributed by atoms with van der Waals surface area (Å²) in [5.74, 6) is 1.50. The predicted molar refractivity (Wildman–Crippen MR) is 129 cm³/mol. The zero-order valence-corrected chi connectivity index (χ0v) is 19.6. The summed E-state index contributed by atoms with van der Waals surface area (Å²) in [7, 11) is 2.21. The molecule has 2 N–H and O–H groups in total. The van der Waals surface area contributed by atoms with Crippen molar-refractivity contribution in [3.05, 3.63) is 48.3 Å². The van der Waals surface area contributed by atoms with E-state index in [2.05, 4.69) is 77.6 Å². The Balaban J connectivity index is 1.51. The van der Waals surface area contributed by atoms with Crippen LogP contribution in [0.25, 0.3) is 5.69 Å². The van der Waals surface area contributed by atoms with Gasteiger partial charge in [0.2, 0.25) is 0 Å². The van der Waals surface area contributed by atoms with Crippen LogP contribution >= 0.6 is 0 Å². The highest BCUT2D eigenvalue weighted by Gasteiger charge is 2.24. The number of aliphatic imine (C=N–C) groups is 1. The van der Waals surface area contributed by atoms with Crippen LogP contribution in [0, 0.1) is 5.92 Å². The molecule has 2 aromatic rings. The first-order chi connectivity index (χ1) is 15.1. The molecule has 0 bridgehead atoms. The van der Waals surface area contributed by atoms with Gasteiger partial charge in [0.05, 0.1) is 12.2 Å². The molecule has 7 heteroatoms. The number of likely N-dealkylation sites (N-methyl/N-ethyl adjacent to an activating group) is 1. The SMILES string of the molecule is CCNC(=NCC(C(C)C)N1CCN(C)CC1)NCCc1ccc(-n2cccn2)cc1. The lowest BCUT2D eigenvalue weighted by Gasteiger charge is -2.39. The van der Waals surface area contributed by atoms with Gasteiger partial charge in [-0.15, -0.1) is 0 Å². The second-order valence-electron chi connectivity index (χ2n) is 8.66. The van der Waals surface area contributed by atoms with Gasteiger partial charge in [0, 0.05) is 57.7 Å². The van der Waals surface area contributed by atoms with Crippen molar-refractivity contribution >= 4 is 5.96 Å². The van der Waals surface area contributed by atoms with E-state index in [0.717, 1.165) is 63.9 Å². The quantitative estimate of drug-likeness (QED) is 0.477. The minimum absolute atomic E-state index is 0.485. The highest BCUT2D eigenvalue weighted by Crippen LogP contribution is 2.14. The molecule has 7 nitrogen and oxygen atoms in total. The summed E-state index contributed by atoms with van der Waals surface area (Å²) >= 11 is 0. The number of piperazine rings is 1. The smallest absolute Gasteiger partial charge is 0.191 e. The highest BCUT2D eigenvalue weighted by molar-refractivity contribution is 5.79. The van der Waals surface area contributed by atoms with Crippen LogP contribution in [0.15, 0.2) is 47.7 Å². The van der Waals surface area contributed by atoms with Crippen LogP contribution in [0.5, 0.6) is 0 Å². The van der Waals surface area contributed by atoms with Crippen LogP contribution in [0.3, 0.4) is 0 Å². The Hall–Kier alpha value is -2.38. The molecular formula is C24H39N7. The fourth-order valence-electron chi connectivity index (χ4n) is 3.99. The van der Waals surface area contributed by atoms with E-state index in [-0.39, 0.29) is 0 Å². The van der Waals surface area contributed by atoms with Gasteiger partial charge in [-0.1, -0.05) is 26.0 Å². The van der Waals surface area contributed by atoms with E-state index in [1.54, 1.807) is 6.20 Å². The van der Waals surface area contributed by atoms with Crippen molar-refractivity contribution in [3.8, 4) is 5.69 Å². The Bertz CT molecular complexity index is 775. The number of benzene rings is 1. The van der Waals surface area contributed by atoms with Crippen molar-refractivity contribution in [2.45, 2.75) is 33.2 Å². The zero-order valence-electron chi connectivity index (χ0n) is 19.6. The van der Waals surface area contributed by atoms with Gasteiger partial charge in [0.1, 0.15) is 0 Å². The monoisotopic (exact) mass is 425 g/mol. The van der Waals surface area contributed by atoms with Gasteiger partial charge in [-0.2, -0.15) is 5.10 Å². The van der Waals surface area contributed by atoms with E-state index < -0.39 is 0 Å². The van der Waals surface area contributed by atoms with Crippen molar-refractivity contribution in [2.24, 2.45) is 10.9 Å². The van der Waals surface area contributed by atoms with Crippen LogP contribution in [0.4, 0.5) is 0 Å². The van der Waals surface area contributed by atoms with Crippen molar-refractivity contribution < 1.29 is 0 Å². The summed E-state index contributed by atoms with van der Waals surface area (Å²) < 4.78 is 1.88. The highest BCUT2D eigenvalue weighted by atomic mass is 15.3. The molecule has 3 rings (SSSR count). The Morgan fingerprint density at radius 3 is 2.45 bits per heavy atom. The zero-order chi connectivity index (χ0) is 22.1. The van der Waals surface area contributed by atoms with Crippen LogP contribution in [0.2, 0.25) is 0 Å². The lowest BCUT2D eigenvalue weighted by atomic mass is 10.0. The minimum atomic E-state index is 0.485. The van der Waals surface area contributed by atoms with Crippen LogP contribution < -0.4 is 10.6 Å². The summed E-state index contributed by atoms with van der Waals surface area (Å²) in [4.78, 5) is 9.95. The summed E-state index contributed by atoms with van der Waals surface area (Å²) in [6, 6.07) is 11.0. The topological polar surface area (TPSA) is 60.7 Å². The second kappa shape index (κ2) is 11.9. The standard InChI is InChI=1S/C24H39N7/c1-5-25-24(27-19-23(20(2)3)30-17-15-29(4)16-18-30)26-13-11-21-7-9-22(10-8-21)31-14-6-12-28-31/h6-10,12,14,20,23H,5,11,13,15-19H2,1-4H3,(H2,25,26,27). The van der Waals surface area contributed by atoms with Gasteiger partial charge in [-0.05, 0) is 50.1 Å². The first-order valence-electron chi connectivity index (χ1n) is 11.6. The third-order valence-corrected chi connectivity index (χ3v) is 5.97. The molecule has 170 valence electrons. The number of hydrogen-bond donors (Lipinski definition) is 2. The third-order valence-electron chi connectivity index (χ3n) is 5.97. The average Bonchev–Trinajstić information content (AvgIpc) is 3.30. The number of rotatable bonds is 9. The maximum Gasteiger partial charge on any atom is 0.191 e. The van der Waals surface area contributed by atoms with Gasteiger partial charge in [0.25, 0.3) is 0 Å². The summed E-state index contributed by atoms with van der Waals surface area (Å²) in [6.45, 7) is 13.8. The molecule has 1 unspecified atom stereocenters. The Morgan fingerprint density at radius 2 is 1.84 bits per heavy atom. The number of guanidine groups is 1. The number of aromatic nitrogens is 2. The first kappa shape index (κ1) is 23.3. The molecule has 0 saturated carbocycles. The van der Waals surface area contributed by atoms with Gasteiger partial charge < -0.3 is 15.5 Å². The van der Waals surface area contributed by atoms with Gasteiger partial charge in [-0.25, -0.2) is 4.68 Å². The normalized spacial score (nSPS) is 17.1. The molecule has 1 saturated heterocycles. The van der Waals surface area contributed by atoms with Gasteiger partial charge in [0.15, 0.2) is 5.96 Å². The third kappa shape index (κ3) is 7.08. The van der Waals surface area contributed by atoms with Crippen LogP contribution in [-0.4, -0.2) is 84.4 Å². The largest absolute Gasteiger partial charge is 0.357 e. The fourth-order valence-corrected chi connectivity index (χ4v) is 3.99. The van der Waals surface area contributed by atoms with Gasteiger partial charge in [-0.3, -0.25) is 9.89 Å². The molecule has 0 amide bonds. The lowest BCUT2D eigenvalue weighted by molar-refractivity contribution is 0.0925. The van der Waals surface area contributed by atoms with E-state index in [1.807, 2.05) is 16.9 Å². The average molecular weight is 426 g/mol. The minimum Gasteiger partial charge on any atom is -0.357 e. The molecule has 1 aliphatic rings. The van der Waals surface area contributed by atoms with E-state index in [0.29, 0.717) is 12.0 Å². The fraction of sp³-hybridized carbons (Fsp3) is 0.583. The molecule has 0 aliphatic carbocycles. The van der Waals surface area contributed by atoms with Crippen molar-refractivity contribution in [1.82, 2.24) is 30.2 Å². The lowest BCUT2D eigenvalue weighted by Crippen LogP contribution is -2.52. The van der Waals surface area contributed by atoms with Crippen molar-refractivity contribution in [2.75, 3.05) is 52.9 Å². The van der Waals surface area contributed by atoms with E-state index in [1.165, 1.54) is 5.56 Å². The Labute approximate surface area is 187 Å². The number of hydrogen-bond acceptors (Lipinski definition) is 4. The molecule has 1 aromatic heterocycles. The molecular weight excluding hydrogens is 386 g/mol. The molecule has 1 aliphatic heterocycles. The molecule has 31 heavy (non-hydrogen) atoms. The molecule has 1 atom stereocenters. The molecule has 0 spiro atoms. The maximum atomic E-state index is 4.94. The maximum absolute atomic E-state index is 4.94. The van der Waals surface area contributed by atoms with E-state index in [4.69, 9.17) is 4.99 Å². The van der Waals surface area contributed by atoms with E-state index in [9.17, 15) is 0 Å². The number of nitrogens with one attached hydrogen (secondary N) is 2. The summed E-state index contributed by atoms with van der Waals surface area (Å²) in [5.41, 5.74) is 2.39. The predicted octanol–water partition coefficient (Wildman–Crippen LogP) is 2.24. The Kier molecular flexibility index (Phi) is 8.91. The summed E-state index contributed by atoms with van der Waals surface area (Å²) in [5, 5.41) is 11.2. The Morgan fingerprint density at radius 1 is 1.10 bits per heavy atom. The molecule has 1 fully saturated rings. The van der Waals surface area contributed by atoms with Crippen LogP contribution in [0.1, 0.15) is 26.3 Å². The number of nitrogens with zero attached hydrogens (tertiary/aromatic N) is 5. The van der Waals surface area contributed by atoms with Gasteiger partial charge >= 0.3 is 0 Å².